The largest absolute Gasteiger partial charge is 0.511 e. The molecule has 4 fully saturated rings. The molecule has 4 heterocycles. The Morgan fingerprint density at radius 3 is 1.71 bits per heavy atom. The van der Waals surface area contributed by atoms with Gasteiger partial charge in [0.2, 0.25) is 0 Å². The molecule has 8 N–H and O–H groups in total. The molecule has 4 aromatic carbocycles. The fraction of sp³-hybridized carbons (Fsp3) is 0.396. The highest BCUT2D eigenvalue weighted by atomic mass is 35.5. The number of hydrogen-bond donors (Lipinski definition) is 8. The summed E-state index contributed by atoms with van der Waals surface area (Å²) in [5.74, 6) is -2.75. The molecule has 13 nitrogen and oxygen atoms in total. The highest BCUT2D eigenvalue weighted by Gasteiger charge is 2.32. The van der Waals surface area contributed by atoms with Crippen LogP contribution in [0, 0.1) is 41.0 Å². The SMILES string of the molecule is C=C(O)[C@@H]1C[C@H](COc2cccc(F)c2)CN1.O=C(O)[C@@H]1C[C@H](Cc2cccc(F)c2)CN1.O=C(O)[C@@H]1C[C@H](Cc2cccc(F)c2F)CN1.O=C(O)[C@@H]1C[C@H](Oc2cccc(Cl)c2)CN1. The number of carbonyl (C=O) groups is 3. The van der Waals surface area contributed by atoms with E-state index >= 15 is 0 Å². The molecular formula is C48H55ClF4N4O9. The summed E-state index contributed by atoms with van der Waals surface area (Å²) in [6, 6.07) is 22.2. The lowest BCUT2D eigenvalue weighted by atomic mass is 9.96. The summed E-state index contributed by atoms with van der Waals surface area (Å²) in [4.78, 5) is 32.2. The fourth-order valence-electron chi connectivity index (χ4n) is 7.99. The van der Waals surface area contributed by atoms with Crippen LogP contribution >= 0.6 is 11.6 Å². The van der Waals surface area contributed by atoms with Crippen molar-refractivity contribution >= 4 is 29.5 Å². The van der Waals surface area contributed by atoms with Crippen LogP contribution in [0.3, 0.4) is 0 Å². The highest BCUT2D eigenvalue weighted by Crippen LogP contribution is 2.24. The molecule has 18 heteroatoms. The summed E-state index contributed by atoms with van der Waals surface area (Å²) >= 11 is 5.82. The Labute approximate surface area is 385 Å². The summed E-state index contributed by atoms with van der Waals surface area (Å²) in [5.41, 5.74) is 1.24. The maximum absolute atomic E-state index is 13.4. The molecule has 4 saturated heterocycles. The second kappa shape index (κ2) is 25.3. The summed E-state index contributed by atoms with van der Waals surface area (Å²) in [5, 5.41) is 48.1. The van der Waals surface area contributed by atoms with E-state index in [9.17, 15) is 37.1 Å². The minimum atomic E-state index is -0.896. The van der Waals surface area contributed by atoms with Crippen molar-refractivity contribution in [3.63, 3.8) is 0 Å². The number of carboxylic acids is 3. The molecule has 4 aromatic rings. The number of carboxylic acid groups (broad SMARTS) is 3. The Hall–Kier alpha value is -5.72. The van der Waals surface area contributed by atoms with Crippen molar-refractivity contribution < 1.29 is 61.8 Å². The standard InChI is InChI=1S/C13H16FNO2.C12H13F2NO2.C12H14FNO2.C11H12ClNO3/c1-9(16)13-5-10(7-15-13)8-17-12-4-2-3-11(14)6-12;13-9-3-1-2-8(11(9)14)4-7-5-10(12(16)17)15-6-7;13-10-3-1-2-8(5-10)4-9-6-11(12(15)16)14-7-9;12-7-2-1-3-8(4-7)16-9-5-10(11(14)15)13-6-9/h2-4,6,10,13,15-16H,1,5,7-8H2;1-3,7,10,15H,4-6H2,(H,16,17);1-3,5,9,11,14H,4,6-7H2,(H,15,16);1-4,9-10,13H,5-6H2,(H,14,15)/t10-,13-;7-,10-;9-,11-;9-,10-/m0000/s1. The van der Waals surface area contributed by atoms with Crippen LogP contribution in [-0.4, -0.2) is 101 Å². The second-order valence-electron chi connectivity index (χ2n) is 16.6. The molecule has 0 unspecified atom stereocenters. The van der Waals surface area contributed by atoms with Gasteiger partial charge in [0.1, 0.15) is 53.1 Å². The number of halogens is 5. The van der Waals surface area contributed by atoms with E-state index in [1.165, 1.54) is 36.4 Å². The topological polar surface area (TPSA) is 199 Å². The zero-order valence-corrected chi connectivity index (χ0v) is 36.7. The highest BCUT2D eigenvalue weighted by molar-refractivity contribution is 6.30. The van der Waals surface area contributed by atoms with Gasteiger partial charge in [-0.15, -0.1) is 0 Å². The Kier molecular flexibility index (Phi) is 19.6. The molecule has 356 valence electrons. The molecule has 4 aliphatic heterocycles. The predicted octanol–water partition coefficient (Wildman–Crippen LogP) is 6.79. The second-order valence-corrected chi connectivity index (χ2v) is 17.0. The van der Waals surface area contributed by atoms with Gasteiger partial charge in [0.05, 0.1) is 12.6 Å². The third-order valence-electron chi connectivity index (χ3n) is 11.4. The lowest BCUT2D eigenvalue weighted by Crippen LogP contribution is -2.30. The number of rotatable bonds is 13. The first-order valence-corrected chi connectivity index (χ1v) is 21.9. The van der Waals surface area contributed by atoms with Crippen molar-refractivity contribution in [2.45, 2.75) is 68.8 Å². The van der Waals surface area contributed by atoms with Gasteiger partial charge < -0.3 is 51.2 Å². The number of aliphatic hydroxyl groups is 1. The minimum absolute atomic E-state index is 0.0346. The van der Waals surface area contributed by atoms with Crippen LogP contribution in [0.4, 0.5) is 17.6 Å². The number of benzene rings is 4. The van der Waals surface area contributed by atoms with E-state index < -0.39 is 47.7 Å². The van der Waals surface area contributed by atoms with Crippen LogP contribution in [0.15, 0.2) is 103 Å². The molecule has 0 aromatic heterocycles. The van der Waals surface area contributed by atoms with Crippen molar-refractivity contribution in [1.82, 2.24) is 21.3 Å². The molecule has 0 aliphatic carbocycles. The smallest absolute Gasteiger partial charge is 0.320 e. The average molecular weight is 943 g/mol. The normalized spacial score (nSPS) is 24.1. The third-order valence-corrected chi connectivity index (χ3v) is 11.6. The summed E-state index contributed by atoms with van der Waals surface area (Å²) in [7, 11) is 0. The van der Waals surface area contributed by atoms with Gasteiger partial charge in [-0.2, -0.15) is 0 Å². The van der Waals surface area contributed by atoms with Crippen molar-refractivity contribution in [2.24, 2.45) is 17.8 Å². The first-order valence-electron chi connectivity index (χ1n) is 21.5. The fourth-order valence-corrected chi connectivity index (χ4v) is 8.17. The quantitative estimate of drug-likeness (QED) is 0.0516. The van der Waals surface area contributed by atoms with Gasteiger partial charge in [-0.1, -0.05) is 54.6 Å². The first kappa shape index (κ1) is 51.3. The van der Waals surface area contributed by atoms with Gasteiger partial charge >= 0.3 is 17.9 Å². The average Bonchev–Trinajstić information content (AvgIpc) is 4.12. The zero-order valence-electron chi connectivity index (χ0n) is 36.0. The van der Waals surface area contributed by atoms with Gasteiger partial charge in [0.25, 0.3) is 0 Å². The molecule has 8 rings (SSSR count). The van der Waals surface area contributed by atoms with E-state index in [-0.39, 0.29) is 41.4 Å². The van der Waals surface area contributed by atoms with Crippen LogP contribution in [0.25, 0.3) is 0 Å². The summed E-state index contributed by atoms with van der Waals surface area (Å²) in [6.45, 7) is 6.55. The van der Waals surface area contributed by atoms with Crippen molar-refractivity contribution in [3.8, 4) is 11.5 Å². The Morgan fingerprint density at radius 1 is 0.606 bits per heavy atom. The Bertz CT molecular complexity index is 2180. The van der Waals surface area contributed by atoms with Crippen LogP contribution in [0.2, 0.25) is 5.02 Å². The van der Waals surface area contributed by atoms with E-state index in [1.807, 2.05) is 6.07 Å². The third kappa shape index (κ3) is 16.6. The van der Waals surface area contributed by atoms with Crippen LogP contribution < -0.4 is 30.7 Å². The van der Waals surface area contributed by atoms with Gasteiger partial charge in [-0.05, 0) is 117 Å². The molecule has 4 aliphatic rings. The van der Waals surface area contributed by atoms with Crippen molar-refractivity contribution in [3.05, 3.63) is 143 Å². The van der Waals surface area contributed by atoms with Crippen LogP contribution in [-0.2, 0) is 27.2 Å². The first-order chi connectivity index (χ1) is 31.5. The van der Waals surface area contributed by atoms with Gasteiger partial charge in [-0.25, -0.2) is 17.6 Å². The lowest BCUT2D eigenvalue weighted by molar-refractivity contribution is -0.140. The molecule has 0 radical (unpaired) electrons. The molecule has 8 atom stereocenters. The molecule has 0 spiro atoms. The molecule has 0 saturated carbocycles. The number of hydrogen-bond acceptors (Lipinski definition) is 10. The molecule has 0 bridgehead atoms. The van der Waals surface area contributed by atoms with Crippen LogP contribution in [0.5, 0.6) is 11.5 Å². The Morgan fingerprint density at radius 2 is 1.14 bits per heavy atom. The number of nitrogens with one attached hydrogen (secondary N) is 4. The maximum Gasteiger partial charge on any atom is 0.320 e. The number of ether oxygens (including phenoxy) is 2. The zero-order chi connectivity index (χ0) is 47.8. The summed E-state index contributed by atoms with van der Waals surface area (Å²) in [6.07, 6.45) is 3.32. The van der Waals surface area contributed by atoms with Crippen LogP contribution in [0.1, 0.15) is 36.8 Å². The van der Waals surface area contributed by atoms with E-state index in [0.717, 1.165) is 31.0 Å². The van der Waals surface area contributed by atoms with E-state index in [2.05, 4.69) is 27.8 Å². The molecule has 0 amide bonds. The summed E-state index contributed by atoms with van der Waals surface area (Å²) < 4.78 is 63.3. The number of aliphatic carboxylic acids is 3. The molecular weight excluding hydrogens is 888 g/mol. The lowest BCUT2D eigenvalue weighted by Gasteiger charge is -2.12. The van der Waals surface area contributed by atoms with Gasteiger partial charge in [0.15, 0.2) is 11.6 Å². The number of aliphatic hydroxyl groups excluding tert-OH is 1. The van der Waals surface area contributed by atoms with E-state index in [1.54, 1.807) is 42.5 Å². The Balaban J connectivity index is 0.000000165. The van der Waals surface area contributed by atoms with Crippen molar-refractivity contribution in [2.75, 3.05) is 32.8 Å². The van der Waals surface area contributed by atoms with Gasteiger partial charge in [0, 0.05) is 36.5 Å². The van der Waals surface area contributed by atoms with E-state index in [4.69, 9.17) is 36.4 Å². The van der Waals surface area contributed by atoms with E-state index in [0.29, 0.717) is 79.9 Å². The molecule has 66 heavy (non-hydrogen) atoms. The monoisotopic (exact) mass is 942 g/mol. The minimum Gasteiger partial charge on any atom is -0.511 e. The maximum atomic E-state index is 13.4. The predicted molar refractivity (Wildman–Crippen MR) is 239 cm³/mol. The van der Waals surface area contributed by atoms with Gasteiger partial charge in [-0.3, -0.25) is 14.4 Å². The van der Waals surface area contributed by atoms with Crippen molar-refractivity contribution in [1.29, 1.82) is 0 Å².